The van der Waals surface area contributed by atoms with E-state index in [1.165, 1.54) is 24.8 Å². The lowest BCUT2D eigenvalue weighted by Gasteiger charge is -2.45. The van der Waals surface area contributed by atoms with Crippen molar-refractivity contribution in [3.63, 3.8) is 0 Å². The van der Waals surface area contributed by atoms with E-state index in [4.69, 9.17) is 9.47 Å². The van der Waals surface area contributed by atoms with Gasteiger partial charge in [-0.25, -0.2) is 0 Å². The van der Waals surface area contributed by atoms with Crippen LogP contribution in [0.3, 0.4) is 0 Å². The number of piperidine rings is 1. The third kappa shape index (κ3) is 2.49. The van der Waals surface area contributed by atoms with Crippen LogP contribution in [0.25, 0.3) is 0 Å². The van der Waals surface area contributed by atoms with E-state index in [9.17, 15) is 0 Å². The van der Waals surface area contributed by atoms with Crippen molar-refractivity contribution in [2.45, 2.75) is 37.1 Å². The summed E-state index contributed by atoms with van der Waals surface area (Å²) in [7, 11) is 1.75. The van der Waals surface area contributed by atoms with Gasteiger partial charge in [0.2, 0.25) is 0 Å². The first kappa shape index (κ1) is 12.9. The summed E-state index contributed by atoms with van der Waals surface area (Å²) in [6.07, 6.45) is 5.11. The third-order valence-electron chi connectivity index (χ3n) is 4.48. The number of benzene rings is 1. The summed E-state index contributed by atoms with van der Waals surface area (Å²) >= 11 is 0. The van der Waals surface area contributed by atoms with Crippen LogP contribution < -0.4 is 10.1 Å². The molecule has 104 valence electrons. The van der Waals surface area contributed by atoms with Crippen molar-refractivity contribution in [3.8, 4) is 5.75 Å². The molecule has 1 N–H and O–H groups in total. The van der Waals surface area contributed by atoms with Crippen molar-refractivity contribution in [1.29, 1.82) is 0 Å². The van der Waals surface area contributed by atoms with Crippen LogP contribution in [0.15, 0.2) is 24.3 Å². The third-order valence-corrected chi connectivity index (χ3v) is 4.48. The molecular weight excluding hydrogens is 238 g/mol. The highest BCUT2D eigenvalue weighted by Gasteiger charge is 2.43. The van der Waals surface area contributed by atoms with E-state index in [0.29, 0.717) is 6.04 Å². The number of nitrogens with one attached hydrogen (secondary N) is 1. The van der Waals surface area contributed by atoms with Crippen LogP contribution in [0.1, 0.15) is 31.2 Å². The van der Waals surface area contributed by atoms with Crippen molar-refractivity contribution in [2.75, 3.05) is 26.9 Å². The van der Waals surface area contributed by atoms with Gasteiger partial charge in [0.05, 0.1) is 20.3 Å². The fourth-order valence-electron chi connectivity index (χ4n) is 3.38. The molecule has 3 nitrogen and oxygen atoms in total. The first-order valence-electron chi connectivity index (χ1n) is 7.29. The lowest BCUT2D eigenvalue weighted by Crippen LogP contribution is -2.52. The molecule has 0 amide bonds. The second-order valence-electron chi connectivity index (χ2n) is 5.82. The molecule has 1 aromatic carbocycles. The molecule has 0 radical (unpaired) electrons. The summed E-state index contributed by atoms with van der Waals surface area (Å²) in [5, 5.41) is 3.65. The van der Waals surface area contributed by atoms with E-state index in [2.05, 4.69) is 23.5 Å². The topological polar surface area (TPSA) is 30.5 Å². The predicted molar refractivity (Wildman–Crippen MR) is 75.7 cm³/mol. The molecule has 2 heterocycles. The van der Waals surface area contributed by atoms with Gasteiger partial charge in [0, 0.05) is 17.0 Å². The molecule has 3 heteroatoms. The first-order chi connectivity index (χ1) is 9.34. The molecule has 0 bridgehead atoms. The summed E-state index contributed by atoms with van der Waals surface area (Å²) in [6.45, 7) is 2.81. The van der Waals surface area contributed by atoms with Crippen molar-refractivity contribution in [1.82, 2.24) is 5.32 Å². The average Bonchev–Trinajstić information content (AvgIpc) is 2.44. The predicted octanol–water partition coefficient (Wildman–Crippen LogP) is 2.50. The Balaban J connectivity index is 1.81. The van der Waals surface area contributed by atoms with Crippen LogP contribution in [-0.4, -0.2) is 32.9 Å². The quantitative estimate of drug-likeness (QED) is 0.903. The summed E-state index contributed by atoms with van der Waals surface area (Å²) < 4.78 is 11.1. The van der Waals surface area contributed by atoms with E-state index in [-0.39, 0.29) is 5.41 Å². The highest BCUT2D eigenvalue weighted by molar-refractivity contribution is 5.41. The van der Waals surface area contributed by atoms with Crippen LogP contribution in [0.2, 0.25) is 0 Å². The highest BCUT2D eigenvalue weighted by atomic mass is 16.5. The zero-order valence-electron chi connectivity index (χ0n) is 11.7. The Morgan fingerprint density at radius 1 is 1.32 bits per heavy atom. The van der Waals surface area contributed by atoms with Gasteiger partial charge < -0.3 is 14.8 Å². The maximum absolute atomic E-state index is 5.55. The molecule has 1 unspecified atom stereocenters. The number of methoxy groups -OCH3 is 1. The second kappa shape index (κ2) is 5.51. The molecule has 3 rings (SSSR count). The SMILES string of the molecule is COc1ccccc1C1(CC2CCCCN2)COC1. The Bertz CT molecular complexity index is 423. The number of hydrogen-bond acceptors (Lipinski definition) is 3. The van der Waals surface area contributed by atoms with Gasteiger partial charge in [0.25, 0.3) is 0 Å². The molecule has 2 aliphatic rings. The largest absolute Gasteiger partial charge is 0.496 e. The summed E-state index contributed by atoms with van der Waals surface area (Å²) in [4.78, 5) is 0. The maximum Gasteiger partial charge on any atom is 0.122 e. The Kier molecular flexibility index (Phi) is 3.76. The standard InChI is InChI=1S/C16H23NO2/c1-18-15-8-3-2-7-14(15)16(11-19-12-16)10-13-6-4-5-9-17-13/h2-3,7-8,13,17H,4-6,9-12H2,1H3. The van der Waals surface area contributed by atoms with Gasteiger partial charge >= 0.3 is 0 Å². The van der Waals surface area contributed by atoms with Crippen molar-refractivity contribution in [2.24, 2.45) is 0 Å². The minimum Gasteiger partial charge on any atom is -0.496 e. The smallest absolute Gasteiger partial charge is 0.122 e. The van der Waals surface area contributed by atoms with Crippen molar-refractivity contribution >= 4 is 0 Å². The Hall–Kier alpha value is -1.06. The summed E-state index contributed by atoms with van der Waals surface area (Å²) in [5.74, 6) is 1.00. The molecule has 0 spiro atoms. The van der Waals surface area contributed by atoms with Crippen molar-refractivity contribution in [3.05, 3.63) is 29.8 Å². The molecule has 0 aromatic heterocycles. The minimum atomic E-state index is 0.154. The Morgan fingerprint density at radius 2 is 2.16 bits per heavy atom. The average molecular weight is 261 g/mol. The number of hydrogen-bond donors (Lipinski definition) is 1. The number of para-hydroxylation sites is 1. The Morgan fingerprint density at radius 3 is 2.79 bits per heavy atom. The summed E-state index contributed by atoms with van der Waals surface area (Å²) in [5.41, 5.74) is 1.47. The van der Waals surface area contributed by atoms with Gasteiger partial charge in [-0.2, -0.15) is 0 Å². The van der Waals surface area contributed by atoms with E-state index in [0.717, 1.165) is 31.9 Å². The van der Waals surface area contributed by atoms with Crippen LogP contribution >= 0.6 is 0 Å². The fourth-order valence-corrected chi connectivity index (χ4v) is 3.38. The molecule has 1 atom stereocenters. The lowest BCUT2D eigenvalue weighted by molar-refractivity contribution is -0.0704. The van der Waals surface area contributed by atoms with E-state index >= 15 is 0 Å². The normalized spacial score (nSPS) is 25.6. The van der Waals surface area contributed by atoms with Crippen LogP contribution in [-0.2, 0) is 10.2 Å². The first-order valence-corrected chi connectivity index (χ1v) is 7.29. The zero-order valence-corrected chi connectivity index (χ0v) is 11.7. The summed E-state index contributed by atoms with van der Waals surface area (Å²) in [6, 6.07) is 9.02. The molecule has 2 saturated heterocycles. The van der Waals surface area contributed by atoms with Gasteiger partial charge in [-0.15, -0.1) is 0 Å². The van der Waals surface area contributed by atoms with Crippen LogP contribution in [0.5, 0.6) is 5.75 Å². The zero-order chi connectivity index (χ0) is 13.1. The van der Waals surface area contributed by atoms with E-state index in [1.54, 1.807) is 7.11 Å². The molecule has 19 heavy (non-hydrogen) atoms. The fraction of sp³-hybridized carbons (Fsp3) is 0.625. The lowest BCUT2D eigenvalue weighted by atomic mass is 9.72. The molecular formula is C16H23NO2. The van der Waals surface area contributed by atoms with Crippen molar-refractivity contribution < 1.29 is 9.47 Å². The van der Waals surface area contributed by atoms with E-state index < -0.39 is 0 Å². The van der Waals surface area contributed by atoms with E-state index in [1.807, 2.05) is 6.07 Å². The van der Waals surface area contributed by atoms with Crippen LogP contribution in [0.4, 0.5) is 0 Å². The number of ether oxygens (including phenoxy) is 2. The van der Waals surface area contributed by atoms with Gasteiger partial charge in [-0.05, 0) is 31.9 Å². The van der Waals surface area contributed by atoms with Gasteiger partial charge in [0.1, 0.15) is 5.75 Å². The molecule has 2 aliphatic heterocycles. The van der Waals surface area contributed by atoms with Gasteiger partial charge in [-0.1, -0.05) is 24.6 Å². The highest BCUT2D eigenvalue weighted by Crippen LogP contribution is 2.42. The monoisotopic (exact) mass is 261 g/mol. The minimum absolute atomic E-state index is 0.154. The van der Waals surface area contributed by atoms with Gasteiger partial charge in [0.15, 0.2) is 0 Å². The molecule has 1 aromatic rings. The molecule has 2 fully saturated rings. The number of rotatable bonds is 4. The maximum atomic E-state index is 5.55. The Labute approximate surface area is 115 Å². The van der Waals surface area contributed by atoms with Gasteiger partial charge in [-0.3, -0.25) is 0 Å². The molecule has 0 aliphatic carbocycles. The van der Waals surface area contributed by atoms with Crippen LogP contribution in [0, 0.1) is 0 Å². The molecule has 0 saturated carbocycles. The second-order valence-corrected chi connectivity index (χ2v) is 5.82.